The molecule has 18 heavy (non-hydrogen) atoms. The molecule has 0 aromatic rings. The fraction of sp³-hybridized carbons (Fsp3) is 0.769. The van der Waals surface area contributed by atoms with E-state index >= 15 is 0 Å². The summed E-state index contributed by atoms with van der Waals surface area (Å²) in [4.78, 5) is 22.6. The molecule has 1 rings (SSSR count). The van der Waals surface area contributed by atoms with E-state index < -0.39 is 5.97 Å². The first kappa shape index (κ1) is 14.5. The van der Waals surface area contributed by atoms with Crippen molar-refractivity contribution in [2.45, 2.75) is 51.4 Å². The Morgan fingerprint density at radius 2 is 1.94 bits per heavy atom. The molecule has 0 unspecified atom stereocenters. The number of aliphatic carboxylic acids is 1. The van der Waals surface area contributed by atoms with Gasteiger partial charge in [-0.1, -0.05) is 12.8 Å². The van der Waals surface area contributed by atoms with Crippen molar-refractivity contribution in [2.24, 2.45) is 5.41 Å². The molecule has 0 radical (unpaired) electrons. The molecule has 0 atom stereocenters. The highest BCUT2D eigenvalue weighted by Gasteiger charge is 2.37. The number of nitrogens with one attached hydrogen (secondary N) is 1. The normalized spacial score (nSPS) is 17.1. The Labute approximate surface area is 107 Å². The van der Waals surface area contributed by atoms with Gasteiger partial charge in [-0.2, -0.15) is 5.26 Å². The third-order valence-electron chi connectivity index (χ3n) is 3.51. The van der Waals surface area contributed by atoms with Gasteiger partial charge in [-0.25, -0.2) is 0 Å². The predicted octanol–water partition coefficient (Wildman–Crippen LogP) is 1.83. The molecule has 0 aliphatic heterocycles. The maximum absolute atomic E-state index is 11.8. The third kappa shape index (κ3) is 4.74. The van der Waals surface area contributed by atoms with Gasteiger partial charge in [0.25, 0.3) is 0 Å². The van der Waals surface area contributed by atoms with E-state index in [1.165, 1.54) is 0 Å². The van der Waals surface area contributed by atoms with Crippen LogP contribution in [0.3, 0.4) is 0 Å². The topological polar surface area (TPSA) is 90.2 Å². The van der Waals surface area contributed by atoms with E-state index in [-0.39, 0.29) is 17.7 Å². The summed E-state index contributed by atoms with van der Waals surface area (Å²) in [6.07, 6.45) is 5.12. The Hall–Kier alpha value is -1.57. The van der Waals surface area contributed by atoms with Crippen molar-refractivity contribution < 1.29 is 14.7 Å². The van der Waals surface area contributed by atoms with Gasteiger partial charge < -0.3 is 10.4 Å². The van der Waals surface area contributed by atoms with Crippen LogP contribution in [-0.4, -0.2) is 23.5 Å². The number of nitriles is 1. The Kier molecular flexibility index (Phi) is 5.63. The second-order valence-corrected chi connectivity index (χ2v) is 5.07. The summed E-state index contributed by atoms with van der Waals surface area (Å²) < 4.78 is 0. The number of amides is 1. The van der Waals surface area contributed by atoms with Gasteiger partial charge in [0.15, 0.2) is 0 Å². The molecule has 0 spiro atoms. The van der Waals surface area contributed by atoms with Crippen LogP contribution < -0.4 is 5.32 Å². The van der Waals surface area contributed by atoms with E-state index in [4.69, 9.17) is 10.4 Å². The zero-order chi connectivity index (χ0) is 13.4. The first-order valence-electron chi connectivity index (χ1n) is 6.43. The Morgan fingerprint density at radius 3 is 2.50 bits per heavy atom. The van der Waals surface area contributed by atoms with Crippen LogP contribution in [0.2, 0.25) is 0 Å². The molecule has 0 saturated heterocycles. The number of hydrogen-bond acceptors (Lipinski definition) is 3. The number of rotatable bonds is 7. The maximum atomic E-state index is 11.8. The lowest BCUT2D eigenvalue weighted by Crippen LogP contribution is -2.32. The molecular formula is C13H20N2O3. The number of carbonyl (C=O) groups is 2. The van der Waals surface area contributed by atoms with Crippen LogP contribution in [0, 0.1) is 16.7 Å². The number of carboxylic acid groups (broad SMARTS) is 1. The number of unbranched alkanes of at least 4 members (excludes halogenated alkanes) is 1. The molecule has 1 saturated carbocycles. The number of carboxylic acids is 1. The number of nitrogens with zero attached hydrogens (tertiary/aromatic N) is 1. The minimum Gasteiger partial charge on any atom is -0.481 e. The van der Waals surface area contributed by atoms with Gasteiger partial charge in [0.1, 0.15) is 0 Å². The molecule has 1 aliphatic carbocycles. The predicted molar refractivity (Wildman–Crippen MR) is 65.6 cm³/mol. The zero-order valence-electron chi connectivity index (χ0n) is 10.6. The van der Waals surface area contributed by atoms with Crippen LogP contribution in [-0.2, 0) is 9.59 Å². The fourth-order valence-electron chi connectivity index (χ4n) is 2.66. The van der Waals surface area contributed by atoms with Crippen LogP contribution in [0.5, 0.6) is 0 Å². The van der Waals surface area contributed by atoms with E-state index in [1.807, 2.05) is 6.07 Å². The van der Waals surface area contributed by atoms with Gasteiger partial charge in [0.2, 0.25) is 5.91 Å². The summed E-state index contributed by atoms with van der Waals surface area (Å²) in [5.41, 5.74) is -0.342. The second-order valence-electron chi connectivity index (χ2n) is 5.07. The number of carbonyl (C=O) groups excluding carboxylic acids is 1. The molecule has 1 amide bonds. The Morgan fingerprint density at radius 1 is 1.28 bits per heavy atom. The second kappa shape index (κ2) is 7.00. The number of hydrogen-bond donors (Lipinski definition) is 2. The van der Waals surface area contributed by atoms with Crippen molar-refractivity contribution in [2.75, 3.05) is 6.54 Å². The lowest BCUT2D eigenvalue weighted by molar-refractivity contribution is -0.140. The highest BCUT2D eigenvalue weighted by atomic mass is 16.4. The van der Waals surface area contributed by atoms with Gasteiger partial charge in [-0.15, -0.1) is 0 Å². The van der Waals surface area contributed by atoms with E-state index in [1.54, 1.807) is 0 Å². The summed E-state index contributed by atoms with van der Waals surface area (Å²) in [6, 6.07) is 2.02. The molecule has 5 nitrogen and oxygen atoms in total. The monoisotopic (exact) mass is 252 g/mol. The molecule has 0 aromatic heterocycles. The standard InChI is InChI=1S/C13H20N2O3/c14-7-3-4-8-15-11(16)9-13(10-12(17)18)5-1-2-6-13/h1-6,8-10H2,(H,15,16)(H,17,18). The summed E-state index contributed by atoms with van der Waals surface area (Å²) >= 11 is 0. The maximum Gasteiger partial charge on any atom is 0.303 e. The molecule has 5 heteroatoms. The quantitative estimate of drug-likeness (QED) is 0.676. The van der Waals surface area contributed by atoms with Crippen molar-refractivity contribution in [1.82, 2.24) is 5.32 Å². The highest BCUT2D eigenvalue weighted by molar-refractivity contribution is 5.78. The highest BCUT2D eigenvalue weighted by Crippen LogP contribution is 2.43. The molecule has 0 aromatic carbocycles. The summed E-state index contributed by atoms with van der Waals surface area (Å²) in [5.74, 6) is -0.912. The SMILES string of the molecule is N#CCCCNC(=O)CC1(CC(=O)O)CCCC1. The molecule has 0 heterocycles. The van der Waals surface area contributed by atoms with Crippen LogP contribution in [0.15, 0.2) is 0 Å². The van der Waals surface area contributed by atoms with Crippen molar-refractivity contribution in [1.29, 1.82) is 5.26 Å². The lowest BCUT2D eigenvalue weighted by atomic mass is 9.79. The van der Waals surface area contributed by atoms with Crippen LogP contribution >= 0.6 is 0 Å². The van der Waals surface area contributed by atoms with Gasteiger partial charge in [-0.3, -0.25) is 9.59 Å². The van der Waals surface area contributed by atoms with Crippen LogP contribution in [0.1, 0.15) is 51.4 Å². The smallest absolute Gasteiger partial charge is 0.303 e. The van der Waals surface area contributed by atoms with Gasteiger partial charge in [0, 0.05) is 19.4 Å². The summed E-state index contributed by atoms with van der Waals surface area (Å²) in [7, 11) is 0. The van der Waals surface area contributed by atoms with E-state index in [0.29, 0.717) is 25.8 Å². The van der Waals surface area contributed by atoms with Gasteiger partial charge >= 0.3 is 5.97 Å². The largest absolute Gasteiger partial charge is 0.481 e. The van der Waals surface area contributed by atoms with E-state index in [2.05, 4.69) is 5.32 Å². The van der Waals surface area contributed by atoms with E-state index in [0.717, 1.165) is 25.7 Å². The third-order valence-corrected chi connectivity index (χ3v) is 3.51. The summed E-state index contributed by atoms with van der Waals surface area (Å²) in [5, 5.41) is 20.1. The van der Waals surface area contributed by atoms with Crippen LogP contribution in [0.4, 0.5) is 0 Å². The van der Waals surface area contributed by atoms with Crippen LogP contribution in [0.25, 0.3) is 0 Å². The van der Waals surface area contributed by atoms with E-state index in [9.17, 15) is 9.59 Å². The van der Waals surface area contributed by atoms with Gasteiger partial charge in [0.05, 0.1) is 12.5 Å². The Bertz CT molecular complexity index is 341. The van der Waals surface area contributed by atoms with Crippen molar-refractivity contribution >= 4 is 11.9 Å². The zero-order valence-corrected chi connectivity index (χ0v) is 10.6. The molecule has 1 fully saturated rings. The minimum atomic E-state index is -0.825. The average Bonchev–Trinajstić information content (AvgIpc) is 2.71. The first-order valence-corrected chi connectivity index (χ1v) is 6.43. The molecule has 0 bridgehead atoms. The fourth-order valence-corrected chi connectivity index (χ4v) is 2.66. The Balaban J connectivity index is 2.39. The van der Waals surface area contributed by atoms with Crippen molar-refractivity contribution in [3.63, 3.8) is 0 Å². The van der Waals surface area contributed by atoms with Gasteiger partial charge in [-0.05, 0) is 24.7 Å². The summed E-state index contributed by atoms with van der Waals surface area (Å²) in [6.45, 7) is 0.496. The molecular weight excluding hydrogens is 232 g/mol. The van der Waals surface area contributed by atoms with Crippen molar-refractivity contribution in [3.8, 4) is 6.07 Å². The van der Waals surface area contributed by atoms with Crippen molar-refractivity contribution in [3.05, 3.63) is 0 Å². The minimum absolute atomic E-state index is 0.0820. The molecule has 100 valence electrons. The first-order chi connectivity index (χ1) is 8.58. The lowest BCUT2D eigenvalue weighted by Gasteiger charge is -2.26. The molecule has 2 N–H and O–H groups in total. The molecule has 1 aliphatic rings. The average molecular weight is 252 g/mol.